The van der Waals surface area contributed by atoms with Crippen LogP contribution in [-0.4, -0.2) is 15.0 Å². The molecule has 3 heterocycles. The van der Waals surface area contributed by atoms with Crippen LogP contribution in [0.25, 0.3) is 121 Å². The summed E-state index contributed by atoms with van der Waals surface area (Å²) in [6.45, 7) is 0. The molecule has 0 spiro atoms. The maximum atomic E-state index is 6.62. The number of fused-ring (bicyclic) bond motifs is 9. The van der Waals surface area contributed by atoms with Gasteiger partial charge >= 0.3 is 0 Å². The second-order valence-electron chi connectivity index (χ2n) is 19.4. The van der Waals surface area contributed by atoms with Crippen molar-refractivity contribution in [2.75, 3.05) is 0 Å². The van der Waals surface area contributed by atoms with Crippen LogP contribution in [0.2, 0.25) is 0 Å². The van der Waals surface area contributed by atoms with Crippen LogP contribution in [0.1, 0.15) is 22.3 Å². The molecule has 75 heavy (non-hydrogen) atoms. The van der Waals surface area contributed by atoms with Crippen molar-refractivity contribution in [1.29, 1.82) is 0 Å². The maximum absolute atomic E-state index is 6.62. The normalized spacial score (nSPS) is 12.6. The van der Waals surface area contributed by atoms with E-state index in [0.717, 1.165) is 66.4 Å². The number of benzene rings is 11. The standard InChI is InChI=1S/C70H43N3OS/c1-4-15-44(16-5-1)45-31-33-48(34-32-45)67-71-68(51-37-40-65-58(42-51)56-22-11-13-26-64(56)75-65)73-69(72-67)57-23-14-25-63-66(57)59-41-49(36-39-62(59)74-63)46-27-29-47(30-28-46)50-35-38-55-54-21-10-12-24-60(54)70(61(55)43-50,52-17-6-2-7-18-52)53-19-8-3-9-20-53/h1-43H. The fourth-order valence-electron chi connectivity index (χ4n) is 11.7. The molecule has 1 aliphatic rings. The van der Waals surface area contributed by atoms with Crippen LogP contribution in [0.4, 0.5) is 0 Å². The van der Waals surface area contributed by atoms with Crippen molar-refractivity contribution in [1.82, 2.24) is 15.0 Å². The molecular formula is C70H43N3OS. The van der Waals surface area contributed by atoms with Gasteiger partial charge in [0.25, 0.3) is 0 Å². The third kappa shape index (κ3) is 7.00. The van der Waals surface area contributed by atoms with Crippen LogP contribution in [0.5, 0.6) is 0 Å². The number of aromatic nitrogens is 3. The lowest BCUT2D eigenvalue weighted by Gasteiger charge is -2.34. The number of nitrogens with zero attached hydrogens (tertiary/aromatic N) is 3. The number of hydrogen-bond acceptors (Lipinski definition) is 5. The van der Waals surface area contributed by atoms with Gasteiger partial charge in [-0.2, -0.15) is 0 Å². The molecular weight excluding hydrogens is 931 g/mol. The van der Waals surface area contributed by atoms with Gasteiger partial charge in [0.1, 0.15) is 11.2 Å². The minimum atomic E-state index is -0.460. The van der Waals surface area contributed by atoms with Crippen molar-refractivity contribution in [2.24, 2.45) is 0 Å². The Labute approximate surface area is 437 Å². The van der Waals surface area contributed by atoms with E-state index in [1.165, 1.54) is 59.1 Å². The summed E-state index contributed by atoms with van der Waals surface area (Å²) < 4.78 is 9.11. The molecule has 0 saturated heterocycles. The molecule has 0 radical (unpaired) electrons. The smallest absolute Gasteiger partial charge is 0.164 e. The molecule has 0 bridgehead atoms. The monoisotopic (exact) mass is 973 g/mol. The van der Waals surface area contributed by atoms with Gasteiger partial charge in [0.15, 0.2) is 17.5 Å². The van der Waals surface area contributed by atoms with Crippen LogP contribution in [0, 0.1) is 0 Å². The van der Waals surface area contributed by atoms with Crippen molar-refractivity contribution in [3.63, 3.8) is 0 Å². The van der Waals surface area contributed by atoms with E-state index < -0.39 is 5.41 Å². The van der Waals surface area contributed by atoms with Crippen LogP contribution >= 0.6 is 11.3 Å². The van der Waals surface area contributed by atoms with Gasteiger partial charge in [-0.15, -0.1) is 11.3 Å². The minimum Gasteiger partial charge on any atom is -0.456 e. The zero-order valence-corrected chi connectivity index (χ0v) is 41.3. The highest BCUT2D eigenvalue weighted by Gasteiger charge is 2.46. The Kier molecular flexibility index (Phi) is 9.94. The molecule has 0 aliphatic heterocycles. The molecule has 1 aliphatic carbocycles. The summed E-state index contributed by atoms with van der Waals surface area (Å²) in [6.07, 6.45) is 0. The molecule has 5 heteroatoms. The van der Waals surface area contributed by atoms with Gasteiger partial charge < -0.3 is 4.42 Å². The topological polar surface area (TPSA) is 51.8 Å². The van der Waals surface area contributed by atoms with E-state index in [1.807, 2.05) is 18.2 Å². The first-order chi connectivity index (χ1) is 37.1. The average molecular weight is 974 g/mol. The van der Waals surface area contributed by atoms with Crippen molar-refractivity contribution < 1.29 is 4.42 Å². The molecule has 3 aromatic heterocycles. The third-order valence-electron chi connectivity index (χ3n) is 15.3. The van der Waals surface area contributed by atoms with Crippen LogP contribution < -0.4 is 0 Å². The largest absolute Gasteiger partial charge is 0.456 e. The lowest BCUT2D eigenvalue weighted by Crippen LogP contribution is -2.28. The van der Waals surface area contributed by atoms with Gasteiger partial charge in [-0.25, -0.2) is 15.0 Å². The van der Waals surface area contributed by atoms with Crippen molar-refractivity contribution >= 4 is 53.4 Å². The van der Waals surface area contributed by atoms with Crippen LogP contribution in [-0.2, 0) is 5.41 Å². The van der Waals surface area contributed by atoms with E-state index in [0.29, 0.717) is 17.5 Å². The molecule has 0 atom stereocenters. The van der Waals surface area contributed by atoms with Gasteiger partial charge in [-0.3, -0.25) is 0 Å². The molecule has 0 unspecified atom stereocenters. The van der Waals surface area contributed by atoms with Gasteiger partial charge in [-0.1, -0.05) is 212 Å². The summed E-state index contributed by atoms with van der Waals surface area (Å²) >= 11 is 1.80. The quantitative estimate of drug-likeness (QED) is 0.152. The molecule has 0 N–H and O–H groups in total. The van der Waals surface area contributed by atoms with Gasteiger partial charge in [-0.05, 0) is 115 Å². The Morgan fingerprint density at radius 3 is 1.55 bits per heavy atom. The Bertz CT molecular complexity index is 4470. The summed E-state index contributed by atoms with van der Waals surface area (Å²) in [5.41, 5.74) is 18.4. The highest BCUT2D eigenvalue weighted by Crippen LogP contribution is 2.57. The second-order valence-corrected chi connectivity index (χ2v) is 20.5. The molecule has 0 amide bonds. The Morgan fingerprint density at radius 2 is 0.800 bits per heavy atom. The van der Waals surface area contributed by atoms with E-state index >= 15 is 0 Å². The van der Waals surface area contributed by atoms with Crippen molar-refractivity contribution in [3.05, 3.63) is 283 Å². The highest BCUT2D eigenvalue weighted by atomic mass is 32.1. The van der Waals surface area contributed by atoms with E-state index in [2.05, 4.69) is 243 Å². The van der Waals surface area contributed by atoms with Crippen molar-refractivity contribution in [3.8, 4) is 78.7 Å². The number of hydrogen-bond donors (Lipinski definition) is 0. The SMILES string of the molecule is c1ccc(-c2ccc(-c3nc(-c4ccc5sc6ccccc6c5c4)nc(-c4cccc5oc6ccc(-c7ccc(-c8ccc9c(c8)C(c8ccccc8)(c8ccccc8)c8ccccc8-9)cc7)cc6c45)n3)cc2)cc1. The summed E-state index contributed by atoms with van der Waals surface area (Å²) in [5, 5.41) is 4.39. The third-order valence-corrected chi connectivity index (χ3v) is 16.4. The molecule has 0 saturated carbocycles. The van der Waals surface area contributed by atoms with E-state index in [-0.39, 0.29) is 0 Å². The Hall–Kier alpha value is -9.55. The molecule has 0 fully saturated rings. The summed E-state index contributed by atoms with van der Waals surface area (Å²) in [6, 6.07) is 93.7. The van der Waals surface area contributed by atoms with E-state index in [1.54, 1.807) is 11.3 Å². The summed E-state index contributed by atoms with van der Waals surface area (Å²) in [7, 11) is 0. The molecule has 15 rings (SSSR count). The lowest BCUT2D eigenvalue weighted by molar-refractivity contribution is 0.669. The molecule has 14 aromatic rings. The second kappa shape index (κ2) is 17.3. The zero-order chi connectivity index (χ0) is 49.5. The fraction of sp³-hybridized carbons (Fsp3) is 0.0143. The number of furan rings is 1. The van der Waals surface area contributed by atoms with Crippen LogP contribution in [0.15, 0.2) is 265 Å². The number of thiophene rings is 1. The predicted octanol–water partition coefficient (Wildman–Crippen LogP) is 18.5. The highest BCUT2D eigenvalue weighted by molar-refractivity contribution is 7.25. The summed E-state index contributed by atoms with van der Waals surface area (Å²) in [5.74, 6) is 1.80. The summed E-state index contributed by atoms with van der Waals surface area (Å²) in [4.78, 5) is 15.8. The first-order valence-corrected chi connectivity index (χ1v) is 26.2. The molecule has 4 nitrogen and oxygen atoms in total. The van der Waals surface area contributed by atoms with E-state index in [9.17, 15) is 0 Å². The minimum absolute atomic E-state index is 0.460. The van der Waals surface area contributed by atoms with Gasteiger partial charge in [0.2, 0.25) is 0 Å². The fourth-order valence-corrected chi connectivity index (χ4v) is 12.8. The van der Waals surface area contributed by atoms with Crippen molar-refractivity contribution in [2.45, 2.75) is 5.41 Å². The molecule has 11 aromatic carbocycles. The van der Waals surface area contributed by atoms with Crippen LogP contribution in [0.3, 0.4) is 0 Å². The maximum Gasteiger partial charge on any atom is 0.164 e. The van der Waals surface area contributed by atoms with E-state index in [4.69, 9.17) is 19.4 Å². The van der Waals surface area contributed by atoms with Gasteiger partial charge in [0.05, 0.1) is 5.41 Å². The zero-order valence-electron chi connectivity index (χ0n) is 40.5. The first kappa shape index (κ1) is 43.1. The first-order valence-electron chi connectivity index (χ1n) is 25.4. The predicted molar refractivity (Wildman–Crippen MR) is 310 cm³/mol. The molecule has 350 valence electrons. The average Bonchev–Trinajstić information content (AvgIpc) is 4.27. The Balaban J connectivity index is 0.831. The Morgan fingerprint density at radius 1 is 0.293 bits per heavy atom. The lowest BCUT2D eigenvalue weighted by atomic mass is 9.67. The number of rotatable bonds is 8. The van der Waals surface area contributed by atoms with Gasteiger partial charge in [0, 0.05) is 47.6 Å².